The highest BCUT2D eigenvalue weighted by Gasteiger charge is 2.25. The van der Waals surface area contributed by atoms with Gasteiger partial charge in [-0.15, -0.1) is 0 Å². The zero-order valence-corrected chi connectivity index (χ0v) is 13.7. The summed E-state index contributed by atoms with van der Waals surface area (Å²) >= 11 is 0. The number of aromatic nitrogens is 2. The van der Waals surface area contributed by atoms with Gasteiger partial charge in [-0.3, -0.25) is 15.6 Å². The average molecular weight is 330 g/mol. The number of piperidine rings is 1. The fraction of sp³-hybridized carbons (Fsp3) is 0.438. The Balaban J connectivity index is 1.74. The molecule has 0 spiro atoms. The van der Waals surface area contributed by atoms with Crippen LogP contribution in [-0.2, 0) is 0 Å². The molecule has 1 amide bonds. The van der Waals surface area contributed by atoms with E-state index in [0.717, 1.165) is 25.8 Å². The number of nitrogens with two attached hydrogens (primary N) is 1. The topological polar surface area (TPSA) is 109 Å². The molecule has 0 bridgehead atoms. The number of rotatable bonds is 5. The molecule has 4 N–H and O–H groups in total. The van der Waals surface area contributed by atoms with Crippen LogP contribution in [0.2, 0.25) is 0 Å². The summed E-state index contributed by atoms with van der Waals surface area (Å²) in [6.45, 7) is 3.10. The first-order valence-electron chi connectivity index (χ1n) is 8.17. The molecule has 0 saturated carbocycles. The van der Waals surface area contributed by atoms with Gasteiger partial charge in [0.15, 0.2) is 17.4 Å². The molecule has 1 unspecified atom stereocenters. The van der Waals surface area contributed by atoms with Gasteiger partial charge in [0, 0.05) is 12.6 Å². The van der Waals surface area contributed by atoms with Crippen LogP contribution in [0.1, 0.15) is 43.2 Å². The zero-order valence-electron chi connectivity index (χ0n) is 13.7. The maximum Gasteiger partial charge on any atom is 0.305 e. The Kier molecular flexibility index (Phi) is 4.83. The number of hydrogen-bond acceptors (Lipinski definition) is 7. The highest BCUT2D eigenvalue weighted by molar-refractivity contribution is 5.92. The molecule has 3 heterocycles. The molecule has 3 rings (SSSR count). The predicted molar refractivity (Wildman–Crippen MR) is 91.5 cm³/mol. The van der Waals surface area contributed by atoms with Gasteiger partial charge in [0.05, 0.1) is 6.26 Å². The lowest BCUT2D eigenvalue weighted by Crippen LogP contribution is -2.40. The smallest absolute Gasteiger partial charge is 0.305 e. The van der Waals surface area contributed by atoms with Gasteiger partial charge in [-0.2, -0.15) is 0 Å². The summed E-state index contributed by atoms with van der Waals surface area (Å²) < 4.78 is 5.04. The van der Waals surface area contributed by atoms with Crippen LogP contribution in [-0.4, -0.2) is 28.5 Å². The van der Waals surface area contributed by atoms with Crippen molar-refractivity contribution >= 4 is 23.2 Å². The van der Waals surface area contributed by atoms with Gasteiger partial charge in [-0.25, -0.2) is 9.97 Å². The third-order valence-corrected chi connectivity index (χ3v) is 4.27. The maximum absolute atomic E-state index is 11.9. The van der Waals surface area contributed by atoms with E-state index in [2.05, 4.69) is 32.6 Å². The second kappa shape index (κ2) is 7.20. The summed E-state index contributed by atoms with van der Waals surface area (Å²) in [7, 11) is 0. The number of hydrogen-bond donors (Lipinski definition) is 3. The van der Waals surface area contributed by atoms with E-state index in [1.54, 1.807) is 12.1 Å². The quantitative estimate of drug-likeness (QED) is 0.721. The van der Waals surface area contributed by atoms with Crippen molar-refractivity contribution in [1.29, 1.82) is 0 Å². The van der Waals surface area contributed by atoms with Crippen LogP contribution < -0.4 is 21.5 Å². The number of carbonyl (C=O) groups excluding carboxylic acids is 1. The van der Waals surface area contributed by atoms with Crippen molar-refractivity contribution in [1.82, 2.24) is 15.4 Å². The minimum absolute atomic E-state index is 0.206. The molecule has 0 radical (unpaired) electrons. The van der Waals surface area contributed by atoms with Gasteiger partial charge in [0.1, 0.15) is 12.0 Å². The highest BCUT2D eigenvalue weighted by Crippen LogP contribution is 2.31. The maximum atomic E-state index is 11.9. The molecular formula is C16H22N6O2. The molecule has 0 aromatic carbocycles. The lowest BCUT2D eigenvalue weighted by atomic mass is 10.00. The predicted octanol–water partition coefficient (Wildman–Crippen LogP) is 2.18. The van der Waals surface area contributed by atoms with E-state index in [9.17, 15) is 4.79 Å². The normalized spacial score (nSPS) is 17.5. The van der Waals surface area contributed by atoms with Crippen molar-refractivity contribution in [2.75, 3.05) is 22.6 Å². The SMILES string of the molecule is CCC1CCCCN1c1ncnc(NNC(=O)c2ccco2)c1N. The van der Waals surface area contributed by atoms with Gasteiger partial charge in [-0.1, -0.05) is 6.92 Å². The molecule has 1 aliphatic heterocycles. The number of nitrogens with one attached hydrogen (secondary N) is 2. The lowest BCUT2D eigenvalue weighted by Gasteiger charge is -2.36. The lowest BCUT2D eigenvalue weighted by molar-refractivity contribution is 0.0935. The van der Waals surface area contributed by atoms with Crippen LogP contribution >= 0.6 is 0 Å². The van der Waals surface area contributed by atoms with E-state index in [1.165, 1.54) is 19.0 Å². The van der Waals surface area contributed by atoms with Crippen LogP contribution in [0.5, 0.6) is 0 Å². The van der Waals surface area contributed by atoms with Crippen LogP contribution in [0.3, 0.4) is 0 Å². The van der Waals surface area contributed by atoms with Crippen LogP contribution in [0.25, 0.3) is 0 Å². The Labute approximate surface area is 140 Å². The molecule has 1 aliphatic rings. The van der Waals surface area contributed by atoms with E-state index in [4.69, 9.17) is 10.2 Å². The second-order valence-electron chi connectivity index (χ2n) is 5.77. The van der Waals surface area contributed by atoms with E-state index in [0.29, 0.717) is 23.4 Å². The number of furan rings is 1. The van der Waals surface area contributed by atoms with E-state index in [1.807, 2.05) is 0 Å². The first-order chi connectivity index (χ1) is 11.7. The first-order valence-corrected chi connectivity index (χ1v) is 8.17. The summed E-state index contributed by atoms with van der Waals surface area (Å²) in [5.74, 6) is 0.896. The minimum Gasteiger partial charge on any atom is -0.459 e. The molecule has 0 aliphatic carbocycles. The summed E-state index contributed by atoms with van der Waals surface area (Å²) in [6, 6.07) is 3.65. The van der Waals surface area contributed by atoms with E-state index < -0.39 is 5.91 Å². The van der Waals surface area contributed by atoms with Crippen LogP contribution in [0, 0.1) is 0 Å². The molecule has 1 atom stereocenters. The van der Waals surface area contributed by atoms with Crippen molar-refractivity contribution in [2.45, 2.75) is 38.6 Å². The third-order valence-electron chi connectivity index (χ3n) is 4.27. The molecule has 128 valence electrons. The Morgan fingerprint density at radius 1 is 1.46 bits per heavy atom. The van der Waals surface area contributed by atoms with Gasteiger partial charge in [-0.05, 0) is 37.8 Å². The monoisotopic (exact) mass is 330 g/mol. The largest absolute Gasteiger partial charge is 0.459 e. The summed E-state index contributed by atoms with van der Waals surface area (Å²) in [6.07, 6.45) is 7.42. The zero-order chi connectivity index (χ0) is 16.9. The summed E-state index contributed by atoms with van der Waals surface area (Å²) in [4.78, 5) is 22.6. The first kappa shape index (κ1) is 16.1. The van der Waals surface area contributed by atoms with Gasteiger partial charge in [0.2, 0.25) is 0 Å². The number of hydrazine groups is 1. The molecule has 8 heteroatoms. The van der Waals surface area contributed by atoms with Crippen LogP contribution in [0.15, 0.2) is 29.1 Å². The van der Waals surface area contributed by atoms with Crippen molar-refractivity contribution in [3.63, 3.8) is 0 Å². The average Bonchev–Trinajstić information content (AvgIpc) is 3.15. The van der Waals surface area contributed by atoms with E-state index >= 15 is 0 Å². The van der Waals surface area contributed by atoms with Crippen molar-refractivity contribution < 1.29 is 9.21 Å². The molecule has 24 heavy (non-hydrogen) atoms. The van der Waals surface area contributed by atoms with E-state index in [-0.39, 0.29) is 5.76 Å². The molecule has 2 aromatic heterocycles. The number of amides is 1. The van der Waals surface area contributed by atoms with Crippen molar-refractivity contribution in [2.24, 2.45) is 0 Å². The number of nitrogen functional groups attached to an aromatic ring is 1. The minimum atomic E-state index is -0.399. The summed E-state index contributed by atoms with van der Waals surface area (Å²) in [5.41, 5.74) is 11.9. The standard InChI is InChI=1S/C16H22N6O2/c1-2-11-6-3-4-8-22(11)15-13(17)14(18-10-19-15)20-21-16(23)12-7-5-9-24-12/h5,7,9-11H,2-4,6,8,17H2,1H3,(H,21,23)(H,18,19,20). The molecule has 2 aromatic rings. The highest BCUT2D eigenvalue weighted by atomic mass is 16.3. The molecule has 8 nitrogen and oxygen atoms in total. The van der Waals surface area contributed by atoms with Gasteiger partial charge in [0.25, 0.3) is 0 Å². The van der Waals surface area contributed by atoms with Crippen molar-refractivity contribution in [3.8, 4) is 0 Å². The van der Waals surface area contributed by atoms with Crippen molar-refractivity contribution in [3.05, 3.63) is 30.5 Å². The Morgan fingerprint density at radius 3 is 3.08 bits per heavy atom. The van der Waals surface area contributed by atoms with Crippen LogP contribution in [0.4, 0.5) is 17.3 Å². The Bertz CT molecular complexity index is 688. The number of anilines is 3. The fourth-order valence-corrected chi connectivity index (χ4v) is 3.00. The Morgan fingerprint density at radius 2 is 2.33 bits per heavy atom. The van der Waals surface area contributed by atoms with Gasteiger partial charge >= 0.3 is 5.91 Å². The number of nitrogens with zero attached hydrogens (tertiary/aromatic N) is 3. The summed E-state index contributed by atoms with van der Waals surface area (Å²) in [5, 5.41) is 0. The fourth-order valence-electron chi connectivity index (χ4n) is 3.00. The molecule has 1 saturated heterocycles. The Hall–Kier alpha value is -2.77. The molecular weight excluding hydrogens is 308 g/mol. The third kappa shape index (κ3) is 3.27. The molecule has 1 fully saturated rings. The van der Waals surface area contributed by atoms with Gasteiger partial charge < -0.3 is 15.1 Å². The second-order valence-corrected chi connectivity index (χ2v) is 5.77. The number of carbonyl (C=O) groups is 1.